The lowest BCUT2D eigenvalue weighted by Gasteiger charge is -2.42. The van der Waals surface area contributed by atoms with Gasteiger partial charge in [-0.1, -0.05) is 12.2 Å². The molecule has 0 bridgehead atoms. The molecule has 0 atom stereocenters. The van der Waals surface area contributed by atoms with Crippen LogP contribution in [0.15, 0.2) is 12.3 Å². The Kier molecular flexibility index (Phi) is 5.41. The van der Waals surface area contributed by atoms with Crippen LogP contribution in [-0.2, 0) is 0 Å². The molecule has 22 heavy (non-hydrogen) atoms. The normalized spacial score (nSPS) is 15.6. The average Bonchev–Trinajstić information content (AvgIpc) is 2.06. The molecule has 0 spiro atoms. The molecule has 0 saturated carbocycles. The topological polar surface area (TPSA) is 0 Å². The molecule has 0 fully saturated rings. The van der Waals surface area contributed by atoms with Gasteiger partial charge in [-0.25, -0.2) is 0 Å². The van der Waals surface area contributed by atoms with E-state index in [4.69, 9.17) is 0 Å². The number of alkyl halides is 12. The molecule has 0 amide bonds. The van der Waals surface area contributed by atoms with Crippen LogP contribution >= 0.6 is 0 Å². The van der Waals surface area contributed by atoms with Gasteiger partial charge in [0.1, 0.15) is 19.2 Å². The summed E-state index contributed by atoms with van der Waals surface area (Å²) in [6.07, 6.45) is -25.3. The second-order valence-electron chi connectivity index (χ2n) is 4.60. The zero-order valence-electron chi connectivity index (χ0n) is 10.5. The SMILES string of the molecule is C=C[Si](C)(C(C(F)(F)F)C(F)(F)F)C(C(F)(F)F)C(F)(F)F. The van der Waals surface area contributed by atoms with Gasteiger partial charge < -0.3 is 0 Å². The molecule has 0 radical (unpaired) electrons. The van der Waals surface area contributed by atoms with Crippen molar-refractivity contribution in [3.05, 3.63) is 12.3 Å². The molecule has 0 unspecified atom stereocenters. The molecule has 0 aliphatic carbocycles. The quantitative estimate of drug-likeness (QED) is 0.435. The molecule has 132 valence electrons. The Labute approximate surface area is 116 Å². The van der Waals surface area contributed by atoms with Gasteiger partial charge in [-0.2, -0.15) is 52.7 Å². The molecule has 0 rings (SSSR count). The van der Waals surface area contributed by atoms with Crippen LogP contribution in [0.2, 0.25) is 17.6 Å². The molecule has 0 nitrogen and oxygen atoms in total. The van der Waals surface area contributed by atoms with Crippen molar-refractivity contribution in [3.8, 4) is 0 Å². The Bertz CT molecular complexity index is 337. The van der Waals surface area contributed by atoms with Gasteiger partial charge in [0.25, 0.3) is 0 Å². The molecule has 0 aromatic heterocycles. The monoisotopic (exact) mass is 372 g/mol. The van der Waals surface area contributed by atoms with E-state index in [1.165, 1.54) is 0 Å². The van der Waals surface area contributed by atoms with Crippen molar-refractivity contribution >= 4 is 8.07 Å². The Hall–Kier alpha value is -0.883. The van der Waals surface area contributed by atoms with Gasteiger partial charge in [0.05, 0.1) is 0 Å². The largest absolute Gasteiger partial charge is 0.398 e. The van der Waals surface area contributed by atoms with Crippen molar-refractivity contribution in [2.75, 3.05) is 0 Å². The summed E-state index contributed by atoms with van der Waals surface area (Å²) in [6, 6.07) is 0. The third-order valence-electron chi connectivity index (χ3n) is 2.99. The predicted octanol–water partition coefficient (Wildman–Crippen LogP) is 5.78. The van der Waals surface area contributed by atoms with Gasteiger partial charge >= 0.3 is 24.7 Å². The van der Waals surface area contributed by atoms with Gasteiger partial charge in [0.2, 0.25) is 0 Å². The Balaban J connectivity index is 6.50. The molecule has 0 N–H and O–H groups in total. The van der Waals surface area contributed by atoms with E-state index in [2.05, 4.69) is 6.58 Å². The van der Waals surface area contributed by atoms with Gasteiger partial charge in [-0.15, -0.1) is 6.58 Å². The van der Waals surface area contributed by atoms with Crippen molar-refractivity contribution < 1.29 is 52.7 Å². The van der Waals surface area contributed by atoms with E-state index < -0.39 is 49.6 Å². The summed E-state index contributed by atoms with van der Waals surface area (Å²) in [5.41, 5.74) is -9.97. The van der Waals surface area contributed by atoms with Crippen molar-refractivity contribution in [2.24, 2.45) is 0 Å². The molecule has 0 aliphatic heterocycles. The minimum atomic E-state index is -6.33. The van der Waals surface area contributed by atoms with Gasteiger partial charge in [0.15, 0.2) is 0 Å². The first-order chi connectivity index (χ1) is 9.29. The second kappa shape index (κ2) is 5.64. The molecule has 0 aliphatic rings. The number of halogens is 12. The maximum absolute atomic E-state index is 12.6. The van der Waals surface area contributed by atoms with Crippen LogP contribution in [0.5, 0.6) is 0 Å². The molecule has 0 heterocycles. The summed E-state index contributed by atoms with van der Waals surface area (Å²) in [4.78, 5) is 0. The molecule has 13 heteroatoms. The van der Waals surface area contributed by atoms with Gasteiger partial charge in [-0.05, 0) is 0 Å². The van der Waals surface area contributed by atoms with Crippen LogP contribution in [-0.4, -0.2) is 32.8 Å². The molecule has 0 aromatic carbocycles. The van der Waals surface area contributed by atoms with Crippen molar-refractivity contribution in [2.45, 2.75) is 42.3 Å². The van der Waals surface area contributed by atoms with E-state index in [1.54, 1.807) is 0 Å². The highest BCUT2D eigenvalue weighted by molar-refractivity contribution is 6.86. The van der Waals surface area contributed by atoms with Crippen LogP contribution in [0.3, 0.4) is 0 Å². The summed E-state index contributed by atoms with van der Waals surface area (Å²) >= 11 is 0. The first kappa shape index (κ1) is 21.1. The molecular weight excluding hydrogens is 364 g/mol. The van der Waals surface area contributed by atoms with E-state index in [0.717, 1.165) is 0 Å². The van der Waals surface area contributed by atoms with E-state index in [0.29, 0.717) is 0 Å². The third-order valence-corrected chi connectivity index (χ3v) is 7.67. The lowest BCUT2D eigenvalue weighted by molar-refractivity contribution is -0.248. The molecular formula is C9H8F12Si. The van der Waals surface area contributed by atoms with E-state index in [-0.39, 0.29) is 6.55 Å². The van der Waals surface area contributed by atoms with Crippen LogP contribution in [0.25, 0.3) is 0 Å². The second-order valence-corrected chi connectivity index (χ2v) is 8.90. The maximum atomic E-state index is 12.6. The summed E-state index contributed by atoms with van der Waals surface area (Å²) in [6.45, 7) is 2.11. The van der Waals surface area contributed by atoms with E-state index >= 15 is 0 Å². The summed E-state index contributed by atoms with van der Waals surface area (Å²) in [5.74, 6) is 0. The summed E-state index contributed by atoms with van der Waals surface area (Å²) in [7, 11) is -6.26. The van der Waals surface area contributed by atoms with Crippen LogP contribution in [0.4, 0.5) is 52.7 Å². The van der Waals surface area contributed by atoms with E-state index in [9.17, 15) is 52.7 Å². The van der Waals surface area contributed by atoms with Gasteiger partial charge in [-0.3, -0.25) is 0 Å². The lowest BCUT2D eigenvalue weighted by Crippen LogP contribution is -2.59. The van der Waals surface area contributed by atoms with Crippen LogP contribution < -0.4 is 0 Å². The van der Waals surface area contributed by atoms with Crippen molar-refractivity contribution in [1.82, 2.24) is 0 Å². The fourth-order valence-electron chi connectivity index (χ4n) is 2.18. The summed E-state index contributed by atoms with van der Waals surface area (Å²) < 4.78 is 151. The number of hydrogen-bond acceptors (Lipinski definition) is 0. The highest BCUT2D eigenvalue weighted by Crippen LogP contribution is 2.60. The number of hydrogen-bond donors (Lipinski definition) is 0. The molecule has 0 saturated heterocycles. The predicted molar refractivity (Wildman–Crippen MR) is 53.5 cm³/mol. The minimum absolute atomic E-state index is 0.280. The zero-order chi connectivity index (χ0) is 18.4. The highest BCUT2D eigenvalue weighted by atomic mass is 28.3. The van der Waals surface area contributed by atoms with Gasteiger partial charge in [0, 0.05) is 0 Å². The first-order valence-electron chi connectivity index (χ1n) is 5.20. The average molecular weight is 372 g/mol. The summed E-state index contributed by atoms with van der Waals surface area (Å²) in [5, 5.41) is 0. The maximum Gasteiger partial charge on any atom is 0.398 e. The Morgan fingerprint density at radius 3 is 0.909 bits per heavy atom. The van der Waals surface area contributed by atoms with Crippen LogP contribution in [0, 0.1) is 0 Å². The standard InChI is InChI=1S/C9H8F12Si/c1-3-22(2,4(6(10,11)12)7(13,14)15)5(8(16,17)18)9(19,20)21/h3-5H,1H2,2H3. The van der Waals surface area contributed by atoms with Crippen LogP contribution in [0.1, 0.15) is 0 Å². The van der Waals surface area contributed by atoms with Crippen molar-refractivity contribution in [3.63, 3.8) is 0 Å². The van der Waals surface area contributed by atoms with E-state index in [1.807, 2.05) is 0 Å². The first-order valence-corrected chi connectivity index (χ1v) is 7.93. The molecule has 0 aromatic rings. The zero-order valence-corrected chi connectivity index (χ0v) is 11.5. The fourth-order valence-corrected chi connectivity index (χ4v) is 5.81. The van der Waals surface area contributed by atoms with Crippen molar-refractivity contribution in [1.29, 1.82) is 0 Å². The number of rotatable bonds is 3. The Morgan fingerprint density at radius 1 is 0.636 bits per heavy atom. The Morgan fingerprint density at radius 2 is 0.818 bits per heavy atom. The smallest absolute Gasteiger partial charge is 0.171 e. The highest BCUT2D eigenvalue weighted by Gasteiger charge is 2.75. The lowest BCUT2D eigenvalue weighted by atomic mass is 10.4. The fraction of sp³-hybridized carbons (Fsp3) is 0.778. The minimum Gasteiger partial charge on any atom is -0.171 e. The third kappa shape index (κ3) is 4.32.